The molecule has 3 heterocycles. The molecule has 1 saturated heterocycles. The number of hydrogen-bond donors (Lipinski definition) is 0. The van der Waals surface area contributed by atoms with Gasteiger partial charge in [0.1, 0.15) is 0 Å². The van der Waals surface area contributed by atoms with E-state index in [0.717, 1.165) is 31.6 Å². The van der Waals surface area contributed by atoms with Crippen LogP contribution in [-0.2, 0) is 14.3 Å². The van der Waals surface area contributed by atoms with Crippen molar-refractivity contribution in [2.24, 2.45) is 11.3 Å². The van der Waals surface area contributed by atoms with E-state index in [4.69, 9.17) is 14.2 Å². The smallest absolute Gasteiger partial charge is 0.340 e. The van der Waals surface area contributed by atoms with Crippen molar-refractivity contribution in [3.8, 4) is 17.0 Å². The summed E-state index contributed by atoms with van der Waals surface area (Å²) in [5, 5.41) is 0. The summed E-state index contributed by atoms with van der Waals surface area (Å²) in [6.07, 6.45) is 2.23. The Hall–Kier alpha value is -2.74. The Bertz CT molecular complexity index is 1150. The molecule has 1 aliphatic heterocycles. The van der Waals surface area contributed by atoms with Crippen LogP contribution in [0.2, 0.25) is 0 Å². The summed E-state index contributed by atoms with van der Waals surface area (Å²) in [5.41, 5.74) is 2.39. The first-order valence-corrected chi connectivity index (χ1v) is 14.0. The molecule has 0 bridgehead atoms. The minimum atomic E-state index is -1.03. The van der Waals surface area contributed by atoms with Crippen molar-refractivity contribution in [3.63, 3.8) is 0 Å². The van der Waals surface area contributed by atoms with Crippen molar-refractivity contribution >= 4 is 11.7 Å². The summed E-state index contributed by atoms with van der Waals surface area (Å²) >= 11 is 0. The number of aromatic nitrogens is 2. The predicted molar refractivity (Wildman–Crippen MR) is 153 cm³/mol. The van der Waals surface area contributed by atoms with Crippen molar-refractivity contribution in [3.05, 3.63) is 35.5 Å². The van der Waals surface area contributed by atoms with Gasteiger partial charge in [-0.1, -0.05) is 27.7 Å². The van der Waals surface area contributed by atoms with Gasteiger partial charge in [-0.2, -0.15) is 9.37 Å². The van der Waals surface area contributed by atoms with Crippen LogP contribution in [0.4, 0.5) is 10.1 Å². The third kappa shape index (κ3) is 8.13. The summed E-state index contributed by atoms with van der Waals surface area (Å²) in [5.74, 6) is -0.610. The second kappa shape index (κ2) is 12.2. The van der Waals surface area contributed by atoms with E-state index >= 15 is 4.39 Å². The molecule has 0 unspecified atom stereocenters. The number of carbonyl (C=O) groups is 1. The molecular weight excluding hydrogens is 497 g/mol. The quantitative estimate of drug-likeness (QED) is 0.248. The number of piperidine rings is 1. The molecule has 1 aliphatic rings. The molecule has 1 atom stereocenters. The zero-order valence-corrected chi connectivity index (χ0v) is 25.4. The Morgan fingerprint density at radius 1 is 1.10 bits per heavy atom. The lowest BCUT2D eigenvalue weighted by atomic mass is 9.82. The number of hydrogen-bond acceptors (Lipinski definition) is 7. The Labute approximate surface area is 233 Å². The molecule has 2 aromatic heterocycles. The Morgan fingerprint density at radius 2 is 1.74 bits per heavy atom. The molecule has 0 spiro atoms. The van der Waals surface area contributed by atoms with Crippen molar-refractivity contribution in [2.75, 3.05) is 24.6 Å². The van der Waals surface area contributed by atoms with Crippen molar-refractivity contribution in [1.82, 2.24) is 9.97 Å². The van der Waals surface area contributed by atoms with Gasteiger partial charge < -0.3 is 19.1 Å². The maximum atomic E-state index is 15.6. The van der Waals surface area contributed by atoms with E-state index in [9.17, 15) is 4.79 Å². The van der Waals surface area contributed by atoms with E-state index in [1.54, 1.807) is 18.3 Å². The Kier molecular flexibility index (Phi) is 9.63. The van der Waals surface area contributed by atoms with Crippen LogP contribution in [0.1, 0.15) is 92.5 Å². The van der Waals surface area contributed by atoms with Gasteiger partial charge in [0.15, 0.2) is 6.10 Å². The number of nitrogens with zero attached hydrogens (tertiary/aromatic N) is 3. The van der Waals surface area contributed by atoms with Crippen molar-refractivity contribution < 1.29 is 23.4 Å². The minimum absolute atomic E-state index is 0.193. The third-order valence-electron chi connectivity index (χ3n) is 6.70. The molecule has 0 saturated carbocycles. The van der Waals surface area contributed by atoms with Crippen LogP contribution in [0, 0.1) is 24.2 Å². The van der Waals surface area contributed by atoms with Crippen molar-refractivity contribution in [1.29, 1.82) is 0 Å². The van der Waals surface area contributed by atoms with Gasteiger partial charge in [-0.3, -0.25) is 4.98 Å². The molecule has 7 nitrogen and oxygen atoms in total. The van der Waals surface area contributed by atoms with Crippen LogP contribution < -0.4 is 9.64 Å². The molecule has 39 heavy (non-hydrogen) atoms. The van der Waals surface area contributed by atoms with E-state index in [-0.39, 0.29) is 17.4 Å². The van der Waals surface area contributed by atoms with Gasteiger partial charge in [-0.15, -0.1) is 0 Å². The molecule has 0 radical (unpaired) electrons. The number of pyridine rings is 2. The van der Waals surface area contributed by atoms with Gasteiger partial charge in [0.25, 0.3) is 0 Å². The fourth-order valence-electron chi connectivity index (χ4n) is 4.62. The van der Waals surface area contributed by atoms with E-state index in [1.807, 2.05) is 55.4 Å². The molecule has 3 rings (SSSR count). The van der Waals surface area contributed by atoms with Crippen molar-refractivity contribution in [2.45, 2.75) is 99.9 Å². The normalized spacial score (nSPS) is 16.5. The molecule has 1 fully saturated rings. The molecule has 8 heteroatoms. The van der Waals surface area contributed by atoms with Crippen LogP contribution in [0.15, 0.2) is 18.3 Å². The van der Waals surface area contributed by atoms with Crippen LogP contribution in [0.3, 0.4) is 0 Å². The number of carbonyl (C=O) groups excluding carboxylic acids is 1. The van der Waals surface area contributed by atoms with Gasteiger partial charge in [0.05, 0.1) is 24.0 Å². The number of halogens is 1. The number of rotatable bonds is 9. The maximum Gasteiger partial charge on any atom is 0.340 e. The van der Waals surface area contributed by atoms with Crippen LogP contribution in [0.25, 0.3) is 11.1 Å². The zero-order valence-electron chi connectivity index (χ0n) is 25.4. The molecule has 0 aromatic carbocycles. The van der Waals surface area contributed by atoms with Gasteiger partial charge in [-0.25, -0.2) is 4.79 Å². The zero-order chi connectivity index (χ0) is 29.1. The second-order valence-electron chi connectivity index (χ2n) is 13.0. The number of anilines is 1. The van der Waals surface area contributed by atoms with E-state index in [2.05, 4.69) is 28.7 Å². The van der Waals surface area contributed by atoms with E-state index < -0.39 is 23.6 Å². The highest BCUT2D eigenvalue weighted by Crippen LogP contribution is 2.44. The summed E-state index contributed by atoms with van der Waals surface area (Å²) in [6.45, 7) is 21.7. The topological polar surface area (TPSA) is 73.8 Å². The molecule has 2 aromatic rings. The minimum Gasteiger partial charge on any atom is -0.477 e. The molecular formula is C31H46FN3O4. The first-order valence-electron chi connectivity index (χ1n) is 14.0. The SMILES string of the molecule is Cc1ncc(-c2ccc(OCC(C)C)nc2F)c(N2CCC(C)(C)CC2)c1[C@H](OC(C)(C)C)C(=O)OC(C)C. The molecule has 0 aliphatic carbocycles. The van der Waals surface area contributed by atoms with Gasteiger partial charge >= 0.3 is 5.97 Å². The van der Waals surface area contributed by atoms with Crippen LogP contribution >= 0.6 is 0 Å². The summed E-state index contributed by atoms with van der Waals surface area (Å²) in [4.78, 5) is 24.5. The summed E-state index contributed by atoms with van der Waals surface area (Å²) in [6, 6.07) is 3.36. The van der Waals surface area contributed by atoms with E-state index in [1.165, 1.54) is 0 Å². The lowest BCUT2D eigenvalue weighted by molar-refractivity contribution is -0.171. The highest BCUT2D eigenvalue weighted by molar-refractivity contribution is 5.87. The van der Waals surface area contributed by atoms with Gasteiger partial charge in [0.2, 0.25) is 11.8 Å². The van der Waals surface area contributed by atoms with Gasteiger partial charge in [-0.05, 0) is 71.8 Å². The fourth-order valence-corrected chi connectivity index (χ4v) is 4.62. The Morgan fingerprint density at radius 3 is 2.28 bits per heavy atom. The van der Waals surface area contributed by atoms with E-state index in [0.29, 0.717) is 34.9 Å². The average Bonchev–Trinajstić information content (AvgIpc) is 2.81. The predicted octanol–water partition coefficient (Wildman–Crippen LogP) is 7.06. The fraction of sp³-hybridized carbons (Fsp3) is 0.645. The maximum absolute atomic E-state index is 15.6. The largest absolute Gasteiger partial charge is 0.477 e. The Balaban J connectivity index is 2.22. The van der Waals surface area contributed by atoms with Crippen LogP contribution in [-0.4, -0.2) is 47.3 Å². The summed E-state index contributed by atoms with van der Waals surface area (Å²) in [7, 11) is 0. The van der Waals surface area contributed by atoms with Gasteiger partial charge in [0, 0.05) is 47.7 Å². The van der Waals surface area contributed by atoms with Crippen LogP contribution in [0.5, 0.6) is 5.88 Å². The standard InChI is InChI=1S/C31H46FN3O4/c1-19(2)18-37-24-12-11-22(28(32)34-24)23-17-33-21(5)25(26(23)35-15-13-31(9,10)14-16-35)27(39-30(6,7)8)29(36)38-20(3)4/h11-12,17,19-20,27H,13-16,18H2,1-10H3/t27-/m0/s1. The first-order chi connectivity index (χ1) is 18.1. The lowest BCUT2D eigenvalue weighted by Crippen LogP contribution is -2.39. The number of aryl methyl sites for hydroxylation is 1. The third-order valence-corrected chi connectivity index (χ3v) is 6.70. The molecule has 0 N–H and O–H groups in total. The number of ether oxygens (including phenoxy) is 3. The highest BCUT2D eigenvalue weighted by Gasteiger charge is 2.37. The lowest BCUT2D eigenvalue weighted by Gasteiger charge is -2.41. The molecule has 0 amide bonds. The molecule has 216 valence electrons. The monoisotopic (exact) mass is 543 g/mol. The summed E-state index contributed by atoms with van der Waals surface area (Å²) < 4.78 is 33.3. The first kappa shape index (κ1) is 30.8. The average molecular weight is 544 g/mol. The number of esters is 1. The highest BCUT2D eigenvalue weighted by atomic mass is 19.1. The second-order valence-corrected chi connectivity index (χ2v) is 13.0.